The van der Waals surface area contributed by atoms with E-state index in [-0.39, 0.29) is 0 Å². The molecule has 0 fully saturated rings. The van der Waals surface area contributed by atoms with Gasteiger partial charge >= 0.3 is 12.0 Å². The van der Waals surface area contributed by atoms with E-state index in [2.05, 4.69) is 15.0 Å². The van der Waals surface area contributed by atoms with Gasteiger partial charge in [0.2, 0.25) is 0 Å². The van der Waals surface area contributed by atoms with Gasteiger partial charge in [-0.3, -0.25) is 0 Å². The Morgan fingerprint density at radius 1 is 1.24 bits per heavy atom. The van der Waals surface area contributed by atoms with Crippen LogP contribution in [0.5, 0.6) is 0 Å². The molecule has 0 spiro atoms. The van der Waals surface area contributed by atoms with E-state index >= 15 is 0 Å². The van der Waals surface area contributed by atoms with Crippen LogP contribution in [0.3, 0.4) is 0 Å². The number of pyridine rings is 2. The lowest BCUT2D eigenvalue weighted by atomic mass is 10.3. The van der Waals surface area contributed by atoms with Gasteiger partial charge in [-0.1, -0.05) is 20.8 Å². The molecule has 3 aromatic rings. The number of hydrogen-bond acceptors (Lipinski definition) is 3. The Labute approximate surface area is 148 Å². The molecule has 0 aliphatic carbocycles. The van der Waals surface area contributed by atoms with Crippen molar-refractivity contribution in [2.75, 3.05) is 5.75 Å². The number of hydrogen-bond donors (Lipinski definition) is 1. The van der Waals surface area contributed by atoms with E-state index in [0.717, 1.165) is 16.7 Å². The number of halogens is 3. The zero-order valence-corrected chi connectivity index (χ0v) is 15.3. The highest BCUT2D eigenvalue weighted by atomic mass is 32.2. The van der Waals surface area contributed by atoms with E-state index in [1.807, 2.05) is 32.9 Å². The Balaban J connectivity index is 0.00000109. The summed E-state index contributed by atoms with van der Waals surface area (Å²) >= 11 is 1.63. The third-order valence-corrected chi connectivity index (χ3v) is 4.35. The molecule has 3 heterocycles. The van der Waals surface area contributed by atoms with Crippen molar-refractivity contribution in [3.63, 3.8) is 0 Å². The summed E-state index contributed by atoms with van der Waals surface area (Å²) in [5.41, 5.74) is 0.767. The van der Waals surface area contributed by atoms with E-state index in [1.54, 1.807) is 29.6 Å². The van der Waals surface area contributed by atoms with Crippen LogP contribution < -0.4 is 4.57 Å². The van der Waals surface area contributed by atoms with Crippen molar-refractivity contribution in [2.45, 2.75) is 31.8 Å². The molecule has 134 valence electrons. The molecule has 0 amide bonds. The monoisotopic (exact) mass is 369 g/mol. The molecule has 0 aliphatic heterocycles. The standard InChI is InChI=1S/C15H13F3N4S.C2H6/c1-3-23-11-5-4-6-19-13(11)14-21-9-7-12(15(16,17)18)20-8-10(9)22(14)2;1-2/h4-8H,3H2,1-2H3;1-2H3/p+1. The average molecular weight is 369 g/mol. The minimum atomic E-state index is -4.47. The van der Waals surface area contributed by atoms with Gasteiger partial charge in [0.25, 0.3) is 0 Å². The Morgan fingerprint density at radius 3 is 2.60 bits per heavy atom. The van der Waals surface area contributed by atoms with Gasteiger partial charge in [-0.05, 0) is 17.9 Å². The molecule has 0 aromatic carbocycles. The summed E-state index contributed by atoms with van der Waals surface area (Å²) in [6, 6.07) is 4.81. The quantitative estimate of drug-likeness (QED) is 0.542. The summed E-state index contributed by atoms with van der Waals surface area (Å²) < 4.78 is 40.2. The fourth-order valence-corrected chi connectivity index (χ4v) is 3.13. The Morgan fingerprint density at radius 2 is 1.96 bits per heavy atom. The number of nitrogens with zero attached hydrogens (tertiary/aromatic N) is 3. The number of aromatic amines is 1. The van der Waals surface area contributed by atoms with Gasteiger partial charge in [-0.25, -0.2) is 19.5 Å². The number of alkyl halides is 3. The minimum absolute atomic E-state index is 0.378. The smallest absolute Gasteiger partial charge is 0.247 e. The van der Waals surface area contributed by atoms with Crippen LogP contribution in [0, 0.1) is 0 Å². The van der Waals surface area contributed by atoms with Crippen molar-refractivity contribution in [3.8, 4) is 11.5 Å². The Bertz CT molecular complexity index is 859. The summed E-state index contributed by atoms with van der Waals surface area (Å²) in [6.07, 6.45) is -1.57. The molecule has 1 N–H and O–H groups in total. The zero-order chi connectivity index (χ0) is 18.6. The van der Waals surface area contributed by atoms with Gasteiger partial charge in [0.05, 0.1) is 13.2 Å². The van der Waals surface area contributed by atoms with Crippen LogP contribution in [0.2, 0.25) is 0 Å². The summed E-state index contributed by atoms with van der Waals surface area (Å²) in [5, 5.41) is 0. The van der Waals surface area contributed by atoms with Gasteiger partial charge in [-0.2, -0.15) is 13.2 Å². The third-order valence-electron chi connectivity index (χ3n) is 3.42. The van der Waals surface area contributed by atoms with Crippen LogP contribution in [0.15, 0.2) is 35.5 Å². The lowest BCUT2D eigenvalue weighted by molar-refractivity contribution is -0.633. The predicted octanol–water partition coefficient (Wildman–Crippen LogP) is 4.61. The third kappa shape index (κ3) is 3.95. The molecule has 8 heteroatoms. The maximum absolute atomic E-state index is 12.8. The molecular formula is C17H20F3N4S+. The van der Waals surface area contributed by atoms with Crippen molar-refractivity contribution >= 4 is 22.8 Å². The lowest BCUT2D eigenvalue weighted by Crippen LogP contribution is -2.29. The molecule has 0 saturated carbocycles. The topological polar surface area (TPSA) is 45.5 Å². The summed E-state index contributed by atoms with van der Waals surface area (Å²) in [7, 11) is 1.78. The number of H-pyrrole nitrogens is 1. The summed E-state index contributed by atoms with van der Waals surface area (Å²) in [4.78, 5) is 11.9. The maximum Gasteiger partial charge on any atom is 0.433 e. The normalized spacial score (nSPS) is 11.3. The lowest BCUT2D eigenvalue weighted by Gasteiger charge is -2.03. The second kappa shape index (κ2) is 7.86. The molecule has 25 heavy (non-hydrogen) atoms. The van der Waals surface area contributed by atoms with Gasteiger partial charge in [-0.15, -0.1) is 11.8 Å². The number of nitrogens with one attached hydrogen (secondary N) is 1. The van der Waals surface area contributed by atoms with Gasteiger partial charge in [0, 0.05) is 17.2 Å². The van der Waals surface area contributed by atoms with E-state index in [9.17, 15) is 13.2 Å². The second-order valence-electron chi connectivity index (χ2n) is 4.90. The second-order valence-corrected chi connectivity index (χ2v) is 6.21. The largest absolute Gasteiger partial charge is 0.433 e. The van der Waals surface area contributed by atoms with Gasteiger partial charge in [0.15, 0.2) is 16.7 Å². The molecule has 0 unspecified atom stereocenters. The average Bonchev–Trinajstić information content (AvgIpc) is 2.93. The molecule has 0 bridgehead atoms. The van der Waals surface area contributed by atoms with E-state index in [0.29, 0.717) is 22.6 Å². The molecular weight excluding hydrogens is 349 g/mol. The van der Waals surface area contributed by atoms with Crippen molar-refractivity contribution in [1.82, 2.24) is 15.0 Å². The Hall–Kier alpha value is -2.09. The Kier molecular flexibility index (Phi) is 6.05. The first kappa shape index (κ1) is 19.2. The summed E-state index contributed by atoms with van der Waals surface area (Å²) in [6.45, 7) is 6.03. The number of rotatable bonds is 3. The number of aryl methyl sites for hydroxylation is 1. The molecule has 0 atom stereocenters. The number of imidazole rings is 1. The molecule has 0 saturated heterocycles. The van der Waals surface area contributed by atoms with Crippen LogP contribution in [0.1, 0.15) is 26.5 Å². The van der Waals surface area contributed by atoms with Crippen LogP contribution >= 0.6 is 11.8 Å². The van der Waals surface area contributed by atoms with Crippen LogP contribution in [0.4, 0.5) is 13.2 Å². The zero-order valence-electron chi connectivity index (χ0n) is 14.5. The SMILES string of the molecule is CC.CCSc1cccnc1-c1[nH]c2cc(C(F)(F)F)ncc2[n+]1C. The summed E-state index contributed by atoms with van der Waals surface area (Å²) in [5.74, 6) is 1.53. The van der Waals surface area contributed by atoms with Gasteiger partial charge in [0.1, 0.15) is 5.69 Å². The minimum Gasteiger partial charge on any atom is -0.247 e. The van der Waals surface area contributed by atoms with Crippen LogP contribution in [-0.4, -0.2) is 20.7 Å². The highest BCUT2D eigenvalue weighted by molar-refractivity contribution is 7.99. The highest BCUT2D eigenvalue weighted by Crippen LogP contribution is 2.31. The first-order valence-corrected chi connectivity index (χ1v) is 8.93. The number of fused-ring (bicyclic) bond motifs is 1. The van der Waals surface area contributed by atoms with Crippen molar-refractivity contribution in [3.05, 3.63) is 36.3 Å². The fourth-order valence-electron chi connectivity index (χ4n) is 2.36. The number of thioether (sulfide) groups is 1. The first-order chi connectivity index (χ1) is 11.9. The highest BCUT2D eigenvalue weighted by Gasteiger charge is 2.34. The molecule has 3 rings (SSSR count). The predicted molar refractivity (Wildman–Crippen MR) is 93.2 cm³/mol. The van der Waals surface area contributed by atoms with Crippen molar-refractivity contribution in [2.24, 2.45) is 7.05 Å². The number of aromatic nitrogens is 4. The van der Waals surface area contributed by atoms with E-state index in [4.69, 9.17) is 0 Å². The van der Waals surface area contributed by atoms with Crippen molar-refractivity contribution in [1.29, 1.82) is 0 Å². The van der Waals surface area contributed by atoms with Crippen molar-refractivity contribution < 1.29 is 17.7 Å². The molecule has 3 aromatic heterocycles. The fraction of sp³-hybridized carbons (Fsp3) is 0.353. The molecule has 0 radical (unpaired) electrons. The van der Waals surface area contributed by atoms with E-state index < -0.39 is 11.9 Å². The van der Waals surface area contributed by atoms with Crippen LogP contribution in [0.25, 0.3) is 22.6 Å². The molecule has 4 nitrogen and oxygen atoms in total. The maximum atomic E-state index is 12.8. The molecule has 0 aliphatic rings. The van der Waals surface area contributed by atoms with Gasteiger partial charge < -0.3 is 0 Å². The first-order valence-electron chi connectivity index (χ1n) is 7.95. The van der Waals surface area contributed by atoms with E-state index in [1.165, 1.54) is 6.20 Å². The van der Waals surface area contributed by atoms with Crippen LogP contribution in [-0.2, 0) is 13.2 Å².